The minimum atomic E-state index is -3.47. The minimum Gasteiger partial charge on any atom is -0.367 e. The lowest BCUT2D eigenvalue weighted by molar-refractivity contribution is 0.383. The fourth-order valence-electron chi connectivity index (χ4n) is 2.98. The standard InChI is InChI=1S/C18H20F2N2O2S/c19-16-6-2-1-5-15(16)9-14-25(23,24)22-12-10-21(11-13-22)18-8-4-3-7-17(18)20/h1-8H,9-14H2. The Labute approximate surface area is 146 Å². The lowest BCUT2D eigenvalue weighted by Crippen LogP contribution is -2.49. The van der Waals surface area contributed by atoms with E-state index in [2.05, 4.69) is 0 Å². The third-order valence-corrected chi connectivity index (χ3v) is 6.28. The summed E-state index contributed by atoms with van der Waals surface area (Å²) in [6.45, 7) is 1.46. The molecule has 2 aromatic carbocycles. The molecule has 1 aliphatic heterocycles. The van der Waals surface area contributed by atoms with E-state index in [-0.39, 0.29) is 23.8 Å². The van der Waals surface area contributed by atoms with Gasteiger partial charge in [-0.2, -0.15) is 4.31 Å². The molecule has 25 heavy (non-hydrogen) atoms. The Kier molecular flexibility index (Phi) is 5.34. The summed E-state index contributed by atoms with van der Waals surface area (Å²) in [5, 5.41) is 0. The van der Waals surface area contributed by atoms with E-state index in [0.717, 1.165) is 0 Å². The molecule has 0 bridgehead atoms. The van der Waals surface area contributed by atoms with Gasteiger partial charge >= 0.3 is 0 Å². The summed E-state index contributed by atoms with van der Waals surface area (Å²) < 4.78 is 53.9. The maximum absolute atomic E-state index is 13.8. The van der Waals surface area contributed by atoms with Crippen LogP contribution in [0.5, 0.6) is 0 Å². The first kappa shape index (κ1) is 17.8. The number of nitrogens with zero attached hydrogens (tertiary/aromatic N) is 2. The zero-order valence-corrected chi connectivity index (χ0v) is 14.6. The number of sulfonamides is 1. The van der Waals surface area contributed by atoms with Crippen molar-refractivity contribution in [2.75, 3.05) is 36.8 Å². The molecule has 3 rings (SSSR count). The van der Waals surface area contributed by atoms with Gasteiger partial charge in [0, 0.05) is 26.2 Å². The van der Waals surface area contributed by atoms with Crippen molar-refractivity contribution in [2.45, 2.75) is 6.42 Å². The quantitative estimate of drug-likeness (QED) is 0.817. The molecule has 1 aliphatic rings. The minimum absolute atomic E-state index is 0.131. The van der Waals surface area contributed by atoms with E-state index >= 15 is 0 Å². The Morgan fingerprint density at radius 1 is 0.840 bits per heavy atom. The summed E-state index contributed by atoms with van der Waals surface area (Å²) in [6.07, 6.45) is 0.141. The van der Waals surface area contributed by atoms with Gasteiger partial charge in [0.2, 0.25) is 10.0 Å². The number of aryl methyl sites for hydroxylation is 1. The first-order valence-corrected chi connectivity index (χ1v) is 9.79. The highest BCUT2D eigenvalue weighted by Crippen LogP contribution is 2.21. The average Bonchev–Trinajstić information content (AvgIpc) is 2.62. The average molecular weight is 366 g/mol. The normalized spacial score (nSPS) is 16.2. The van der Waals surface area contributed by atoms with Crippen LogP contribution in [0.4, 0.5) is 14.5 Å². The fraction of sp³-hybridized carbons (Fsp3) is 0.333. The molecule has 0 atom stereocenters. The van der Waals surface area contributed by atoms with Gasteiger partial charge in [-0.15, -0.1) is 0 Å². The van der Waals surface area contributed by atoms with E-state index in [1.165, 1.54) is 16.4 Å². The third-order valence-electron chi connectivity index (χ3n) is 4.41. The summed E-state index contributed by atoms with van der Waals surface area (Å²) in [5.41, 5.74) is 0.891. The Bertz CT molecular complexity index is 834. The molecule has 1 heterocycles. The predicted octanol–water partition coefficient (Wildman–Crippen LogP) is 2.66. The van der Waals surface area contributed by atoms with Crippen molar-refractivity contribution in [3.05, 3.63) is 65.7 Å². The maximum atomic E-state index is 13.8. The number of piperazine rings is 1. The second-order valence-electron chi connectivity index (χ2n) is 5.99. The lowest BCUT2D eigenvalue weighted by atomic mass is 10.2. The summed E-state index contributed by atoms with van der Waals surface area (Å²) in [7, 11) is -3.47. The van der Waals surface area contributed by atoms with Gasteiger partial charge in [0.1, 0.15) is 11.6 Å². The van der Waals surface area contributed by atoms with Crippen molar-refractivity contribution in [1.82, 2.24) is 4.31 Å². The Morgan fingerprint density at radius 3 is 2.08 bits per heavy atom. The van der Waals surface area contributed by atoms with Crippen LogP contribution in [0, 0.1) is 11.6 Å². The summed E-state index contributed by atoms with van der Waals surface area (Å²) >= 11 is 0. The van der Waals surface area contributed by atoms with Gasteiger partial charge in [-0.05, 0) is 30.2 Å². The largest absolute Gasteiger partial charge is 0.367 e. The molecule has 1 fully saturated rings. The highest BCUT2D eigenvalue weighted by Gasteiger charge is 2.27. The van der Waals surface area contributed by atoms with E-state index in [9.17, 15) is 17.2 Å². The van der Waals surface area contributed by atoms with E-state index < -0.39 is 10.0 Å². The number of para-hydroxylation sites is 1. The van der Waals surface area contributed by atoms with Crippen LogP contribution >= 0.6 is 0 Å². The van der Waals surface area contributed by atoms with Gasteiger partial charge in [-0.3, -0.25) is 0 Å². The SMILES string of the molecule is O=S(=O)(CCc1ccccc1F)N1CCN(c2ccccc2F)CC1. The third kappa shape index (κ3) is 4.16. The molecule has 0 aliphatic carbocycles. The number of anilines is 1. The highest BCUT2D eigenvalue weighted by molar-refractivity contribution is 7.89. The van der Waals surface area contributed by atoms with Crippen molar-refractivity contribution >= 4 is 15.7 Å². The molecule has 0 radical (unpaired) electrons. The first-order chi connectivity index (χ1) is 12.0. The van der Waals surface area contributed by atoms with Gasteiger partial charge in [0.15, 0.2) is 0 Å². The molecule has 0 N–H and O–H groups in total. The number of hydrogen-bond acceptors (Lipinski definition) is 3. The lowest BCUT2D eigenvalue weighted by Gasteiger charge is -2.35. The summed E-state index contributed by atoms with van der Waals surface area (Å²) in [5.74, 6) is -0.825. The first-order valence-electron chi connectivity index (χ1n) is 8.18. The van der Waals surface area contributed by atoms with Gasteiger partial charge in [0.25, 0.3) is 0 Å². The monoisotopic (exact) mass is 366 g/mol. The Morgan fingerprint density at radius 2 is 1.44 bits per heavy atom. The second kappa shape index (κ2) is 7.49. The van der Waals surface area contributed by atoms with Crippen LogP contribution in [0.1, 0.15) is 5.56 Å². The van der Waals surface area contributed by atoms with Crippen LogP contribution in [0.2, 0.25) is 0 Å². The number of benzene rings is 2. The Balaban J connectivity index is 1.60. The fourth-order valence-corrected chi connectivity index (χ4v) is 4.44. The number of halogens is 2. The maximum Gasteiger partial charge on any atom is 0.214 e. The van der Waals surface area contributed by atoms with Gasteiger partial charge in [0.05, 0.1) is 11.4 Å². The van der Waals surface area contributed by atoms with Crippen molar-refractivity contribution < 1.29 is 17.2 Å². The van der Waals surface area contributed by atoms with Crippen LogP contribution in [0.25, 0.3) is 0 Å². The van der Waals surface area contributed by atoms with Gasteiger partial charge in [-0.1, -0.05) is 30.3 Å². The number of hydrogen-bond donors (Lipinski definition) is 0. The van der Waals surface area contributed by atoms with Crippen LogP contribution in [-0.2, 0) is 16.4 Å². The Hall–Kier alpha value is -1.99. The molecular formula is C18H20F2N2O2S. The molecule has 4 nitrogen and oxygen atoms in total. The molecule has 0 amide bonds. The van der Waals surface area contributed by atoms with E-state index in [0.29, 0.717) is 37.4 Å². The molecule has 7 heteroatoms. The van der Waals surface area contributed by atoms with E-state index in [4.69, 9.17) is 0 Å². The smallest absolute Gasteiger partial charge is 0.214 e. The highest BCUT2D eigenvalue weighted by atomic mass is 32.2. The van der Waals surface area contributed by atoms with Crippen LogP contribution in [-0.4, -0.2) is 44.7 Å². The van der Waals surface area contributed by atoms with Crippen molar-refractivity contribution in [3.8, 4) is 0 Å². The van der Waals surface area contributed by atoms with E-state index in [1.54, 1.807) is 36.4 Å². The summed E-state index contributed by atoms with van der Waals surface area (Å²) in [6, 6.07) is 12.7. The topological polar surface area (TPSA) is 40.6 Å². The van der Waals surface area contributed by atoms with Crippen molar-refractivity contribution in [3.63, 3.8) is 0 Å². The molecule has 1 saturated heterocycles. The zero-order chi connectivity index (χ0) is 17.9. The predicted molar refractivity (Wildman–Crippen MR) is 94.1 cm³/mol. The molecule has 0 spiro atoms. The van der Waals surface area contributed by atoms with Gasteiger partial charge in [-0.25, -0.2) is 17.2 Å². The summed E-state index contributed by atoms with van der Waals surface area (Å²) in [4.78, 5) is 1.85. The number of rotatable bonds is 5. The van der Waals surface area contributed by atoms with Gasteiger partial charge < -0.3 is 4.90 Å². The molecule has 134 valence electrons. The molecule has 0 saturated carbocycles. The van der Waals surface area contributed by atoms with E-state index in [1.807, 2.05) is 4.90 Å². The second-order valence-corrected chi connectivity index (χ2v) is 8.08. The molecule has 2 aromatic rings. The molecular weight excluding hydrogens is 346 g/mol. The van der Waals surface area contributed by atoms with Crippen LogP contribution in [0.15, 0.2) is 48.5 Å². The van der Waals surface area contributed by atoms with Crippen molar-refractivity contribution in [1.29, 1.82) is 0 Å². The van der Waals surface area contributed by atoms with Crippen molar-refractivity contribution in [2.24, 2.45) is 0 Å². The molecule has 0 unspecified atom stereocenters. The molecule has 0 aromatic heterocycles. The zero-order valence-electron chi connectivity index (χ0n) is 13.7. The van der Waals surface area contributed by atoms with Crippen LogP contribution in [0.3, 0.4) is 0 Å². The van der Waals surface area contributed by atoms with Crippen LogP contribution < -0.4 is 4.90 Å².